The number of carbonyl (C=O) groups is 1. The maximum atomic E-state index is 13.2. The van der Waals surface area contributed by atoms with E-state index in [2.05, 4.69) is 10.3 Å². The Kier molecular flexibility index (Phi) is 5.49. The molecule has 5 nitrogen and oxygen atoms in total. The van der Waals surface area contributed by atoms with Crippen LogP contribution in [0.25, 0.3) is 0 Å². The maximum absolute atomic E-state index is 13.2. The maximum Gasteiger partial charge on any atom is 0.471 e. The molecule has 0 aliphatic carbocycles. The highest BCUT2D eigenvalue weighted by atomic mass is 19.4. The Morgan fingerprint density at radius 2 is 1.93 bits per heavy atom. The minimum atomic E-state index is -4.99. The van der Waals surface area contributed by atoms with E-state index in [0.717, 1.165) is 0 Å². The van der Waals surface area contributed by atoms with Crippen molar-refractivity contribution in [2.24, 2.45) is 0 Å². The highest BCUT2D eigenvalue weighted by Gasteiger charge is 2.42. The quantitative estimate of drug-likeness (QED) is 0.815. The molecule has 1 amide bonds. The van der Waals surface area contributed by atoms with E-state index in [1.165, 1.54) is 36.5 Å². The van der Waals surface area contributed by atoms with Crippen LogP contribution in [0.1, 0.15) is 23.6 Å². The fourth-order valence-electron chi connectivity index (χ4n) is 3.33. The van der Waals surface area contributed by atoms with Gasteiger partial charge in [-0.25, -0.2) is 9.37 Å². The summed E-state index contributed by atoms with van der Waals surface area (Å²) >= 11 is 0. The lowest BCUT2D eigenvalue weighted by Crippen LogP contribution is -2.54. The van der Waals surface area contributed by atoms with Crippen LogP contribution in [0.2, 0.25) is 0 Å². The molecule has 2 aromatic rings. The molecular weight excluding hydrogens is 376 g/mol. The van der Waals surface area contributed by atoms with Crippen LogP contribution >= 0.6 is 0 Å². The first-order valence-electron chi connectivity index (χ1n) is 8.52. The van der Waals surface area contributed by atoms with Gasteiger partial charge in [-0.1, -0.05) is 12.1 Å². The second-order valence-corrected chi connectivity index (χ2v) is 6.48. The first-order chi connectivity index (χ1) is 13.3. The van der Waals surface area contributed by atoms with Crippen molar-refractivity contribution in [3.8, 4) is 6.07 Å². The second-order valence-electron chi connectivity index (χ2n) is 6.48. The number of nitrogens with zero attached hydrogens (tertiary/aromatic N) is 3. The van der Waals surface area contributed by atoms with Crippen molar-refractivity contribution >= 4 is 11.6 Å². The van der Waals surface area contributed by atoms with Gasteiger partial charge < -0.3 is 10.2 Å². The van der Waals surface area contributed by atoms with E-state index in [1.54, 1.807) is 11.0 Å². The zero-order valence-corrected chi connectivity index (χ0v) is 14.6. The molecule has 2 heterocycles. The van der Waals surface area contributed by atoms with Crippen LogP contribution in [0.5, 0.6) is 0 Å². The molecule has 1 saturated heterocycles. The van der Waals surface area contributed by atoms with Gasteiger partial charge in [-0.3, -0.25) is 4.79 Å². The second kappa shape index (κ2) is 7.84. The molecule has 0 bridgehead atoms. The van der Waals surface area contributed by atoms with Gasteiger partial charge in [0.2, 0.25) is 0 Å². The van der Waals surface area contributed by atoms with Crippen LogP contribution in [0.4, 0.5) is 23.2 Å². The molecule has 0 saturated carbocycles. The molecule has 1 aromatic carbocycles. The fraction of sp³-hybridized carbons (Fsp3) is 0.316. The summed E-state index contributed by atoms with van der Waals surface area (Å²) in [4.78, 5) is 17.3. The van der Waals surface area contributed by atoms with Crippen molar-refractivity contribution in [1.29, 1.82) is 5.26 Å². The first kappa shape index (κ1) is 19.6. The Labute approximate surface area is 158 Å². The molecule has 9 heteroatoms. The minimum absolute atomic E-state index is 0.122. The van der Waals surface area contributed by atoms with Crippen molar-refractivity contribution < 1.29 is 22.4 Å². The molecule has 2 unspecified atom stereocenters. The lowest BCUT2D eigenvalue weighted by atomic mass is 9.85. The average Bonchev–Trinajstić information content (AvgIpc) is 2.68. The van der Waals surface area contributed by atoms with Crippen LogP contribution in [-0.2, 0) is 4.79 Å². The molecule has 0 spiro atoms. The van der Waals surface area contributed by atoms with E-state index in [0.29, 0.717) is 24.2 Å². The SMILES string of the molecule is N#Cc1ccc(N2CCC(c3ccc(F)cc3)C(NC(=O)C(F)(F)F)C2)cn1. The summed E-state index contributed by atoms with van der Waals surface area (Å²) in [7, 11) is 0. The smallest absolute Gasteiger partial charge is 0.368 e. The van der Waals surface area contributed by atoms with Crippen LogP contribution in [0.3, 0.4) is 0 Å². The number of hydrogen-bond donors (Lipinski definition) is 1. The molecule has 1 aromatic heterocycles. The topological polar surface area (TPSA) is 69.0 Å². The molecule has 1 N–H and O–H groups in total. The molecule has 146 valence electrons. The van der Waals surface area contributed by atoms with E-state index in [9.17, 15) is 22.4 Å². The molecular formula is C19H16F4N4O. The summed E-state index contributed by atoms with van der Waals surface area (Å²) < 4.78 is 51.5. The Balaban J connectivity index is 1.84. The number of nitriles is 1. The summed E-state index contributed by atoms with van der Waals surface area (Å²) in [5, 5.41) is 10.9. The summed E-state index contributed by atoms with van der Waals surface area (Å²) in [5.41, 5.74) is 1.53. The van der Waals surface area contributed by atoms with Gasteiger partial charge in [0, 0.05) is 19.0 Å². The number of hydrogen-bond acceptors (Lipinski definition) is 4. The Morgan fingerprint density at radius 1 is 1.21 bits per heavy atom. The molecule has 1 fully saturated rings. The molecule has 0 radical (unpaired) electrons. The van der Waals surface area contributed by atoms with Crippen molar-refractivity contribution in [1.82, 2.24) is 10.3 Å². The van der Waals surface area contributed by atoms with Gasteiger partial charge >= 0.3 is 12.1 Å². The van der Waals surface area contributed by atoms with Gasteiger partial charge in [0.1, 0.15) is 17.6 Å². The number of anilines is 1. The number of alkyl halides is 3. The summed E-state index contributed by atoms with van der Waals surface area (Å²) in [5.74, 6) is -2.85. The molecule has 1 aliphatic rings. The summed E-state index contributed by atoms with van der Waals surface area (Å²) in [6, 6.07) is 9.78. The van der Waals surface area contributed by atoms with Gasteiger partial charge in [-0.05, 0) is 36.2 Å². The predicted octanol–water partition coefficient (Wildman–Crippen LogP) is 3.13. The van der Waals surface area contributed by atoms with Crippen LogP contribution < -0.4 is 10.2 Å². The summed E-state index contributed by atoms with van der Waals surface area (Å²) in [6.07, 6.45) is -3.07. The number of halogens is 4. The zero-order chi connectivity index (χ0) is 20.3. The van der Waals surface area contributed by atoms with Crippen molar-refractivity contribution in [2.75, 3.05) is 18.0 Å². The Hall–Kier alpha value is -3.15. The fourth-order valence-corrected chi connectivity index (χ4v) is 3.33. The van der Waals surface area contributed by atoms with Crippen LogP contribution in [0, 0.1) is 17.1 Å². The van der Waals surface area contributed by atoms with Gasteiger partial charge in [-0.15, -0.1) is 0 Å². The third-order valence-electron chi connectivity index (χ3n) is 4.71. The number of benzene rings is 1. The minimum Gasteiger partial charge on any atom is -0.368 e. The van der Waals surface area contributed by atoms with E-state index in [4.69, 9.17) is 5.26 Å². The summed E-state index contributed by atoms with van der Waals surface area (Å²) in [6.45, 7) is 0.630. The van der Waals surface area contributed by atoms with Crippen molar-refractivity contribution in [3.63, 3.8) is 0 Å². The van der Waals surface area contributed by atoms with E-state index >= 15 is 0 Å². The number of rotatable bonds is 3. The average molecular weight is 392 g/mol. The van der Waals surface area contributed by atoms with Crippen molar-refractivity contribution in [3.05, 3.63) is 59.7 Å². The predicted molar refractivity (Wildman–Crippen MR) is 92.9 cm³/mol. The first-order valence-corrected chi connectivity index (χ1v) is 8.52. The standard InChI is InChI=1S/C19H16F4N4O/c20-13-3-1-12(2-4-13)16-7-8-27(15-6-5-14(9-24)25-10-15)11-17(16)26-18(28)19(21,22)23/h1-6,10,16-17H,7-8,11H2,(H,26,28). The number of pyridine rings is 1. The number of piperidine rings is 1. The van der Waals surface area contributed by atoms with Crippen LogP contribution in [-0.4, -0.2) is 36.2 Å². The molecule has 3 rings (SSSR count). The number of carbonyl (C=O) groups excluding carboxylic acids is 1. The normalized spacial score (nSPS) is 19.8. The Bertz CT molecular complexity index is 875. The van der Waals surface area contributed by atoms with Crippen molar-refractivity contribution in [2.45, 2.75) is 24.6 Å². The molecule has 1 aliphatic heterocycles. The van der Waals surface area contributed by atoms with E-state index in [1.807, 2.05) is 6.07 Å². The largest absolute Gasteiger partial charge is 0.471 e. The Morgan fingerprint density at radius 3 is 2.50 bits per heavy atom. The van der Waals surface area contributed by atoms with E-state index < -0.39 is 29.9 Å². The highest BCUT2D eigenvalue weighted by molar-refractivity contribution is 5.82. The highest BCUT2D eigenvalue weighted by Crippen LogP contribution is 2.31. The molecule has 2 atom stereocenters. The van der Waals surface area contributed by atoms with Gasteiger partial charge in [0.05, 0.1) is 17.9 Å². The number of nitrogens with one attached hydrogen (secondary N) is 1. The zero-order valence-electron chi connectivity index (χ0n) is 14.6. The lowest BCUT2D eigenvalue weighted by Gasteiger charge is -2.40. The number of aromatic nitrogens is 1. The third kappa shape index (κ3) is 4.39. The van der Waals surface area contributed by atoms with E-state index in [-0.39, 0.29) is 12.2 Å². The third-order valence-corrected chi connectivity index (χ3v) is 4.71. The molecule has 28 heavy (non-hydrogen) atoms. The number of amides is 1. The lowest BCUT2D eigenvalue weighted by molar-refractivity contribution is -0.174. The van der Waals surface area contributed by atoms with Gasteiger partial charge in [-0.2, -0.15) is 18.4 Å². The monoisotopic (exact) mass is 392 g/mol. The van der Waals surface area contributed by atoms with Gasteiger partial charge in [0.15, 0.2) is 0 Å². The van der Waals surface area contributed by atoms with Crippen LogP contribution in [0.15, 0.2) is 42.6 Å². The van der Waals surface area contributed by atoms with Gasteiger partial charge in [0.25, 0.3) is 0 Å².